The second kappa shape index (κ2) is 10.9. The van der Waals surface area contributed by atoms with E-state index in [1.165, 1.54) is 12.0 Å². The van der Waals surface area contributed by atoms with E-state index in [0.717, 1.165) is 52.4 Å². The molecule has 0 saturated carbocycles. The topological polar surface area (TPSA) is 49.2 Å². The van der Waals surface area contributed by atoms with Gasteiger partial charge in [0, 0.05) is 42.6 Å². The van der Waals surface area contributed by atoms with Gasteiger partial charge in [-0.25, -0.2) is 4.98 Å². The molecule has 2 aliphatic heterocycles. The van der Waals surface area contributed by atoms with Crippen LogP contribution in [0.2, 0.25) is 5.02 Å². The molecule has 2 fully saturated rings. The van der Waals surface area contributed by atoms with E-state index in [0.29, 0.717) is 16.9 Å². The lowest BCUT2D eigenvalue weighted by molar-refractivity contribution is 0.357. The molecule has 0 radical (unpaired) electrons. The van der Waals surface area contributed by atoms with Gasteiger partial charge in [-0.2, -0.15) is 0 Å². The van der Waals surface area contributed by atoms with Crippen LogP contribution in [0, 0.1) is 25.7 Å². The monoisotopic (exact) mass is 570 g/mol. The normalized spacial score (nSPS) is 23.0. The van der Waals surface area contributed by atoms with Crippen LogP contribution in [0.5, 0.6) is 0 Å². The smallest absolute Gasteiger partial charge is 0.174 e. The summed E-state index contributed by atoms with van der Waals surface area (Å²) in [5, 5.41) is 5.00. The van der Waals surface area contributed by atoms with Crippen LogP contribution in [-0.2, 0) is 0 Å². The van der Waals surface area contributed by atoms with Crippen molar-refractivity contribution in [1.29, 1.82) is 0 Å². The highest BCUT2D eigenvalue weighted by atomic mass is 35.5. The molecule has 40 heavy (non-hydrogen) atoms. The average molecular weight is 571 g/mol. The third-order valence-corrected chi connectivity index (χ3v) is 8.80. The molecule has 0 aliphatic carbocycles. The Morgan fingerprint density at radius 2 is 1.65 bits per heavy atom. The minimum absolute atomic E-state index is 0.122. The zero-order valence-corrected chi connectivity index (χ0v) is 25.0. The average Bonchev–Trinajstić information content (AvgIpc) is 3.43. The van der Waals surface area contributed by atoms with Crippen LogP contribution in [0.3, 0.4) is 0 Å². The number of aryl methyl sites for hydroxylation is 1. The lowest BCUT2D eigenvalue weighted by Crippen LogP contribution is -2.38. The van der Waals surface area contributed by atoms with Crippen LogP contribution in [0.1, 0.15) is 55.0 Å². The second-order valence-electron chi connectivity index (χ2n) is 11.3. The van der Waals surface area contributed by atoms with Gasteiger partial charge in [0.05, 0.1) is 28.5 Å². The van der Waals surface area contributed by atoms with Crippen LogP contribution in [0.25, 0.3) is 5.82 Å². The van der Waals surface area contributed by atoms with Crippen LogP contribution in [0.4, 0.5) is 11.4 Å². The van der Waals surface area contributed by atoms with Gasteiger partial charge in [-0.15, -0.1) is 0 Å². The third-order valence-electron chi connectivity index (χ3n) is 8.18. The Hall–Kier alpha value is -3.42. The Bertz CT molecular complexity index is 1510. The summed E-state index contributed by atoms with van der Waals surface area (Å²) in [6, 6.07) is 20.4. The van der Waals surface area contributed by atoms with E-state index in [1.54, 1.807) is 0 Å². The molecule has 5 heterocycles. The number of nitrogens with zero attached hydrogens (tertiary/aromatic N) is 5. The number of halogens is 1. The van der Waals surface area contributed by atoms with Gasteiger partial charge in [0.1, 0.15) is 5.82 Å². The fourth-order valence-corrected chi connectivity index (χ4v) is 7.28. The summed E-state index contributed by atoms with van der Waals surface area (Å²) in [4.78, 5) is 14.0. The molecule has 1 aromatic carbocycles. The number of benzene rings is 1. The fraction of sp³-hybridized carbons (Fsp3) is 0.344. The first-order valence-corrected chi connectivity index (χ1v) is 14.8. The maximum atomic E-state index is 7.02. The molecule has 2 saturated heterocycles. The van der Waals surface area contributed by atoms with Gasteiger partial charge < -0.3 is 19.7 Å². The number of piperidine rings is 1. The summed E-state index contributed by atoms with van der Waals surface area (Å²) in [6.45, 7) is 11.0. The number of aromatic nitrogens is 3. The number of rotatable bonds is 5. The van der Waals surface area contributed by atoms with Crippen molar-refractivity contribution in [3.05, 3.63) is 101 Å². The molecule has 6 nitrogen and oxygen atoms in total. The van der Waals surface area contributed by atoms with Crippen molar-refractivity contribution in [3.63, 3.8) is 0 Å². The van der Waals surface area contributed by atoms with Gasteiger partial charge in [0.25, 0.3) is 0 Å². The van der Waals surface area contributed by atoms with Crippen molar-refractivity contribution in [3.8, 4) is 5.82 Å². The molecule has 2 aliphatic rings. The Morgan fingerprint density at radius 1 is 0.925 bits per heavy atom. The molecule has 0 bridgehead atoms. The molecular formula is C32H35ClN6S. The summed E-state index contributed by atoms with van der Waals surface area (Å²) < 4.78 is 2.21. The van der Waals surface area contributed by atoms with Gasteiger partial charge in [-0.05, 0) is 98.4 Å². The molecule has 3 aromatic heterocycles. The molecular weight excluding hydrogens is 536 g/mol. The number of thiocarbonyl (C=S) groups is 1. The van der Waals surface area contributed by atoms with E-state index in [1.807, 2.05) is 42.7 Å². The third kappa shape index (κ3) is 4.86. The molecule has 4 atom stereocenters. The van der Waals surface area contributed by atoms with Crippen molar-refractivity contribution in [2.45, 2.75) is 46.2 Å². The summed E-state index contributed by atoms with van der Waals surface area (Å²) >= 11 is 13.0. The predicted octanol–water partition coefficient (Wildman–Crippen LogP) is 7.20. The quantitative estimate of drug-likeness (QED) is 0.256. The zero-order chi connectivity index (χ0) is 28.0. The summed E-state index contributed by atoms with van der Waals surface area (Å²) in [7, 11) is 0. The summed E-state index contributed by atoms with van der Waals surface area (Å²) in [5.74, 6) is 2.19. The van der Waals surface area contributed by atoms with Crippen LogP contribution >= 0.6 is 23.8 Å². The molecule has 1 N–H and O–H groups in total. The van der Waals surface area contributed by atoms with Gasteiger partial charge in [-0.3, -0.25) is 4.98 Å². The minimum Gasteiger partial charge on any atom is -0.370 e. The highest BCUT2D eigenvalue weighted by Gasteiger charge is 2.42. The standard InChI is InChI=1S/C32H35ClN6S/c1-20-15-21(2)19-37(18-20)28-12-11-24(17-26(28)33)39-31(30(36-32(39)40)27-9-5-7-13-34-27)25-16-22(3)38(23(25)4)29-10-6-8-14-35-29/h5-14,16-17,20-21,30-31H,15,18-19H2,1-4H3,(H,36,40)/t20-,21+,30-,31-/m0/s1. The highest BCUT2D eigenvalue weighted by Crippen LogP contribution is 2.45. The molecule has 0 unspecified atom stereocenters. The van der Waals surface area contributed by atoms with E-state index in [-0.39, 0.29) is 12.1 Å². The zero-order valence-electron chi connectivity index (χ0n) is 23.4. The van der Waals surface area contributed by atoms with Gasteiger partial charge in [0.2, 0.25) is 0 Å². The van der Waals surface area contributed by atoms with E-state index in [2.05, 4.69) is 82.7 Å². The van der Waals surface area contributed by atoms with Gasteiger partial charge in [0.15, 0.2) is 5.11 Å². The second-order valence-corrected chi connectivity index (χ2v) is 12.1. The maximum Gasteiger partial charge on any atom is 0.174 e. The van der Waals surface area contributed by atoms with E-state index in [4.69, 9.17) is 28.8 Å². The molecule has 206 valence electrons. The Morgan fingerprint density at radius 3 is 2.30 bits per heavy atom. The van der Waals surface area contributed by atoms with Crippen molar-refractivity contribution < 1.29 is 0 Å². The maximum absolute atomic E-state index is 7.02. The Balaban J connectivity index is 1.44. The van der Waals surface area contributed by atoms with Crippen LogP contribution < -0.4 is 15.1 Å². The van der Waals surface area contributed by atoms with Gasteiger partial charge in [-0.1, -0.05) is 37.6 Å². The van der Waals surface area contributed by atoms with E-state index >= 15 is 0 Å². The first kappa shape index (κ1) is 26.8. The molecule has 8 heteroatoms. The summed E-state index contributed by atoms with van der Waals surface area (Å²) in [5.41, 5.74) is 6.41. The largest absolute Gasteiger partial charge is 0.370 e. The van der Waals surface area contributed by atoms with Crippen LogP contribution in [-0.4, -0.2) is 32.7 Å². The molecule has 0 spiro atoms. The lowest BCUT2D eigenvalue weighted by atomic mass is 9.91. The van der Waals surface area contributed by atoms with Crippen molar-refractivity contribution >= 4 is 40.3 Å². The first-order chi connectivity index (χ1) is 19.3. The molecule has 0 amide bonds. The van der Waals surface area contributed by atoms with E-state index < -0.39 is 0 Å². The lowest BCUT2D eigenvalue weighted by Gasteiger charge is -2.37. The van der Waals surface area contributed by atoms with Crippen molar-refractivity contribution in [2.75, 3.05) is 22.9 Å². The Kier molecular flexibility index (Phi) is 7.27. The number of hydrogen-bond acceptors (Lipinski definition) is 4. The number of hydrogen-bond donors (Lipinski definition) is 1. The van der Waals surface area contributed by atoms with Crippen molar-refractivity contribution in [2.24, 2.45) is 11.8 Å². The number of anilines is 2. The molecule has 6 rings (SSSR count). The van der Waals surface area contributed by atoms with E-state index in [9.17, 15) is 0 Å². The fourth-order valence-electron chi connectivity index (χ4n) is 6.64. The molecule has 4 aromatic rings. The minimum atomic E-state index is -0.131. The summed E-state index contributed by atoms with van der Waals surface area (Å²) in [6.07, 6.45) is 4.92. The number of pyridine rings is 2. The Labute approximate surface area is 247 Å². The first-order valence-electron chi connectivity index (χ1n) is 14.0. The highest BCUT2D eigenvalue weighted by molar-refractivity contribution is 7.80. The predicted molar refractivity (Wildman–Crippen MR) is 168 cm³/mol. The van der Waals surface area contributed by atoms with Gasteiger partial charge >= 0.3 is 0 Å². The SMILES string of the molecule is Cc1cc([C@H]2[C@H](c3ccccn3)NC(=S)N2c2ccc(N3C[C@H](C)C[C@H](C)C3)c(Cl)c2)c(C)n1-c1ccccn1. The van der Waals surface area contributed by atoms with Crippen molar-refractivity contribution in [1.82, 2.24) is 19.9 Å². The number of nitrogens with one attached hydrogen (secondary N) is 1. The van der Waals surface area contributed by atoms with Crippen LogP contribution in [0.15, 0.2) is 73.1 Å².